The molecule has 3 aromatic carbocycles. The van der Waals surface area contributed by atoms with Crippen molar-refractivity contribution in [3.05, 3.63) is 74.3 Å². The Morgan fingerprint density at radius 3 is 1.57 bits per heavy atom. The van der Waals surface area contributed by atoms with Crippen molar-refractivity contribution in [3.8, 4) is 11.5 Å². The van der Waals surface area contributed by atoms with Crippen LogP contribution >= 0.6 is 0 Å². The highest BCUT2D eigenvalue weighted by Gasteiger charge is 2.22. The molecule has 0 radical (unpaired) electrons. The molecule has 3 unspecified atom stereocenters. The third-order valence-electron chi connectivity index (χ3n) is 13.0. The summed E-state index contributed by atoms with van der Waals surface area (Å²) >= 11 is 0. The lowest BCUT2D eigenvalue weighted by Crippen LogP contribution is -2.14. The van der Waals surface area contributed by atoms with E-state index in [1.165, 1.54) is 82.8 Å². The van der Waals surface area contributed by atoms with Gasteiger partial charge in [0.05, 0.1) is 34.8 Å². The molecule has 3 rings (SSSR count). The van der Waals surface area contributed by atoms with E-state index in [1.54, 1.807) is 12.1 Å². The number of benzene rings is 3. The summed E-state index contributed by atoms with van der Waals surface area (Å²) in [6, 6.07) is 13.2. The summed E-state index contributed by atoms with van der Waals surface area (Å²) in [5, 5.41) is 45.8. The van der Waals surface area contributed by atoms with Crippen LogP contribution in [0.5, 0.6) is 11.5 Å². The van der Waals surface area contributed by atoms with Crippen LogP contribution in [0, 0.1) is 43.4 Å². The molecular weight excluding hydrogens is 867 g/mol. The number of unbranched alkanes of at least 4 members (excludes halogenated alkanes) is 12. The standard InChI is InChI=1S/C56H89N7O6/c1-10-15-18-19-20-21-22-23-24-25-26-29-46-36-47(57-35-34-43(6)40-56(7,8)9)30-32-49(46)58-60-51-38-55(69-42-45(14-5)28-17-12-3)52(39-54(51)68-41-44(13-4)27-16-11-2)61-59-50-33-31-48(62(64)65)37-53(50)63(66)67/h30-33,36-39,43-45,57H,10-29,34-35,40-42H2,1-9H3/b60-58?,61-59+. The average Bonchev–Trinajstić information content (AvgIpc) is 3.32. The summed E-state index contributed by atoms with van der Waals surface area (Å²) in [5.74, 6) is 2.06. The van der Waals surface area contributed by atoms with Gasteiger partial charge in [-0.3, -0.25) is 20.2 Å². The van der Waals surface area contributed by atoms with Crippen LogP contribution in [0.25, 0.3) is 0 Å². The molecule has 1 N–H and O–H groups in total. The minimum Gasteiger partial charge on any atom is -0.491 e. The van der Waals surface area contributed by atoms with E-state index in [9.17, 15) is 20.2 Å². The van der Waals surface area contributed by atoms with Crippen molar-refractivity contribution >= 4 is 39.8 Å². The first-order valence-corrected chi connectivity index (χ1v) is 26.8. The van der Waals surface area contributed by atoms with E-state index in [4.69, 9.17) is 19.7 Å². The van der Waals surface area contributed by atoms with Crippen molar-refractivity contribution in [2.24, 2.45) is 43.6 Å². The van der Waals surface area contributed by atoms with Crippen LogP contribution in [0.1, 0.15) is 203 Å². The van der Waals surface area contributed by atoms with Gasteiger partial charge in [0.25, 0.3) is 5.69 Å². The van der Waals surface area contributed by atoms with Crippen molar-refractivity contribution in [3.63, 3.8) is 0 Å². The molecule has 0 heterocycles. The van der Waals surface area contributed by atoms with E-state index >= 15 is 0 Å². The molecule has 0 aliphatic rings. The molecule has 3 atom stereocenters. The number of rotatable bonds is 37. The molecule has 3 aromatic rings. The lowest BCUT2D eigenvalue weighted by molar-refractivity contribution is -0.393. The number of nitro benzene ring substituents is 2. The summed E-state index contributed by atoms with van der Waals surface area (Å²) in [6.07, 6.45) is 25.5. The fourth-order valence-corrected chi connectivity index (χ4v) is 8.79. The lowest BCUT2D eigenvalue weighted by Gasteiger charge is -2.23. The maximum Gasteiger partial charge on any atom is 0.303 e. The Labute approximate surface area is 415 Å². The first-order valence-electron chi connectivity index (χ1n) is 26.8. The first kappa shape index (κ1) is 58.4. The summed E-state index contributed by atoms with van der Waals surface area (Å²) in [6.45, 7) is 22.0. The Bertz CT molecular complexity index is 2020. The third-order valence-corrected chi connectivity index (χ3v) is 13.0. The monoisotopic (exact) mass is 956 g/mol. The van der Waals surface area contributed by atoms with Crippen LogP contribution in [0.2, 0.25) is 0 Å². The van der Waals surface area contributed by atoms with Crippen molar-refractivity contribution in [1.29, 1.82) is 0 Å². The van der Waals surface area contributed by atoms with Crippen molar-refractivity contribution < 1.29 is 19.3 Å². The van der Waals surface area contributed by atoms with Gasteiger partial charge in [-0.25, -0.2) is 0 Å². The SMILES string of the molecule is CCCCCCCCCCCCCc1cc(NCCC(C)CC(C)(C)C)ccc1N=Nc1cc(OCC(CC)CCCC)c(/N=N/c2ccc([N+](=O)[O-])cc2[N+](=O)[O-])cc1OCC(CC)CCCC. The number of anilines is 1. The number of nitro groups is 2. The first-order chi connectivity index (χ1) is 33.2. The predicted molar refractivity (Wildman–Crippen MR) is 285 cm³/mol. The second-order valence-electron chi connectivity index (χ2n) is 20.5. The van der Waals surface area contributed by atoms with Crippen LogP contribution in [0.4, 0.5) is 39.8 Å². The molecule has 0 saturated heterocycles. The summed E-state index contributed by atoms with van der Waals surface area (Å²) in [5.41, 5.74) is 3.06. The number of ether oxygens (including phenoxy) is 2. The molecule has 13 nitrogen and oxygen atoms in total. The van der Waals surface area contributed by atoms with Crippen LogP contribution in [0.15, 0.2) is 69.0 Å². The van der Waals surface area contributed by atoms with Gasteiger partial charge in [0.15, 0.2) is 5.69 Å². The topological polar surface area (TPSA) is 166 Å². The molecule has 0 aliphatic carbocycles. The molecule has 13 heteroatoms. The number of nitrogens with zero attached hydrogens (tertiary/aromatic N) is 6. The zero-order chi connectivity index (χ0) is 50.4. The second kappa shape index (κ2) is 32.8. The van der Waals surface area contributed by atoms with Gasteiger partial charge in [0, 0.05) is 30.4 Å². The third kappa shape index (κ3) is 23.0. The average molecular weight is 956 g/mol. The highest BCUT2D eigenvalue weighted by molar-refractivity contribution is 5.68. The molecule has 0 aromatic heterocycles. The smallest absolute Gasteiger partial charge is 0.303 e. The van der Waals surface area contributed by atoms with Crippen molar-refractivity contribution in [1.82, 2.24) is 0 Å². The normalized spacial score (nSPS) is 13.2. The maximum absolute atomic E-state index is 12.0. The Morgan fingerprint density at radius 1 is 0.580 bits per heavy atom. The molecule has 69 heavy (non-hydrogen) atoms. The molecular formula is C56H89N7O6. The minimum atomic E-state index is -0.694. The zero-order valence-corrected chi connectivity index (χ0v) is 44.2. The van der Waals surface area contributed by atoms with Gasteiger partial charge in [-0.2, -0.15) is 5.11 Å². The highest BCUT2D eigenvalue weighted by atomic mass is 16.6. The van der Waals surface area contributed by atoms with E-state index in [-0.39, 0.29) is 5.69 Å². The summed E-state index contributed by atoms with van der Waals surface area (Å²) < 4.78 is 13.2. The Kier molecular flexibility index (Phi) is 27.7. The fraction of sp³-hybridized carbons (Fsp3) is 0.679. The summed E-state index contributed by atoms with van der Waals surface area (Å²) in [7, 11) is 0. The minimum absolute atomic E-state index is 0.120. The number of non-ortho nitro benzene ring substituents is 1. The molecule has 0 aliphatic heterocycles. The quantitative estimate of drug-likeness (QED) is 0.0260. The number of azo groups is 2. The van der Waals surface area contributed by atoms with Gasteiger partial charge in [-0.15, -0.1) is 15.3 Å². The molecule has 0 bridgehead atoms. The van der Waals surface area contributed by atoms with E-state index in [1.807, 2.05) is 0 Å². The lowest BCUT2D eigenvalue weighted by atomic mass is 9.84. The predicted octanol–water partition coefficient (Wildman–Crippen LogP) is 19.3. The molecule has 0 fully saturated rings. The number of nitrogens with one attached hydrogen (secondary N) is 1. The fourth-order valence-electron chi connectivity index (χ4n) is 8.79. The van der Waals surface area contributed by atoms with Crippen LogP contribution in [-0.4, -0.2) is 29.6 Å². The van der Waals surface area contributed by atoms with Crippen LogP contribution in [0.3, 0.4) is 0 Å². The molecule has 0 spiro atoms. The number of hydrogen-bond donors (Lipinski definition) is 1. The zero-order valence-electron chi connectivity index (χ0n) is 44.2. The Hall–Kier alpha value is -4.94. The van der Waals surface area contributed by atoms with Gasteiger partial charge in [-0.1, -0.05) is 165 Å². The van der Waals surface area contributed by atoms with Crippen molar-refractivity contribution in [2.45, 2.75) is 204 Å². The van der Waals surface area contributed by atoms with Gasteiger partial charge in [-0.05, 0) is 91.5 Å². The van der Waals surface area contributed by atoms with E-state index < -0.39 is 21.2 Å². The number of hydrogen-bond acceptors (Lipinski definition) is 11. The van der Waals surface area contributed by atoms with Crippen LogP contribution < -0.4 is 14.8 Å². The second-order valence-corrected chi connectivity index (χ2v) is 20.5. The largest absolute Gasteiger partial charge is 0.491 e. The van der Waals surface area contributed by atoms with Gasteiger partial charge in [0.1, 0.15) is 22.9 Å². The number of aryl methyl sites for hydroxylation is 1. The Balaban J connectivity index is 2.07. The van der Waals surface area contributed by atoms with E-state index in [0.717, 1.165) is 100 Å². The maximum atomic E-state index is 12.0. The summed E-state index contributed by atoms with van der Waals surface area (Å²) in [4.78, 5) is 22.1. The highest BCUT2D eigenvalue weighted by Crippen LogP contribution is 2.43. The van der Waals surface area contributed by atoms with E-state index in [0.29, 0.717) is 59.3 Å². The van der Waals surface area contributed by atoms with Gasteiger partial charge < -0.3 is 14.8 Å². The van der Waals surface area contributed by atoms with Gasteiger partial charge in [0.2, 0.25) is 0 Å². The molecule has 0 saturated carbocycles. The molecule has 384 valence electrons. The van der Waals surface area contributed by atoms with Gasteiger partial charge >= 0.3 is 5.69 Å². The van der Waals surface area contributed by atoms with Crippen LogP contribution in [-0.2, 0) is 6.42 Å². The molecule has 0 amide bonds. The Morgan fingerprint density at radius 2 is 1.07 bits per heavy atom. The van der Waals surface area contributed by atoms with E-state index in [2.05, 4.69) is 96.1 Å². The van der Waals surface area contributed by atoms with Crippen molar-refractivity contribution in [2.75, 3.05) is 25.1 Å².